The first-order chi connectivity index (χ1) is 8.83. The van der Waals surface area contributed by atoms with Crippen LogP contribution in [0.2, 0.25) is 0 Å². The van der Waals surface area contributed by atoms with Crippen molar-refractivity contribution in [2.24, 2.45) is 0 Å². The summed E-state index contributed by atoms with van der Waals surface area (Å²) in [5, 5.41) is 7.57. The van der Waals surface area contributed by atoms with Gasteiger partial charge >= 0.3 is 0 Å². The second-order valence-electron chi connectivity index (χ2n) is 4.04. The molecule has 3 aromatic rings. The molecule has 0 aliphatic carbocycles. The van der Waals surface area contributed by atoms with Crippen molar-refractivity contribution in [2.45, 2.75) is 0 Å². The molecular formula is C14H12N4. The molecule has 0 spiro atoms. The van der Waals surface area contributed by atoms with Gasteiger partial charge in [-0.2, -0.15) is 0 Å². The number of benzene rings is 2. The predicted octanol–water partition coefficient (Wildman–Crippen LogP) is 2.52. The highest BCUT2D eigenvalue weighted by Gasteiger charge is 2.00. The summed E-state index contributed by atoms with van der Waals surface area (Å²) in [4.78, 5) is 0. The maximum absolute atomic E-state index is 5.78. The molecular weight excluding hydrogens is 224 g/mol. The SMILES string of the molecule is Nc1cccc(-c2ccc(-n3cnnc3)cc2)c1. The minimum atomic E-state index is 0.774. The molecule has 4 nitrogen and oxygen atoms in total. The van der Waals surface area contributed by atoms with Gasteiger partial charge in [-0.05, 0) is 35.4 Å². The lowest BCUT2D eigenvalue weighted by Gasteiger charge is -2.05. The Bertz CT molecular complexity index is 642. The quantitative estimate of drug-likeness (QED) is 0.695. The van der Waals surface area contributed by atoms with Gasteiger partial charge in [0.25, 0.3) is 0 Å². The molecule has 1 heterocycles. The first-order valence-electron chi connectivity index (χ1n) is 5.64. The van der Waals surface area contributed by atoms with E-state index >= 15 is 0 Å². The van der Waals surface area contributed by atoms with E-state index in [2.05, 4.69) is 22.3 Å². The van der Waals surface area contributed by atoms with Crippen LogP contribution < -0.4 is 5.73 Å². The first-order valence-corrected chi connectivity index (χ1v) is 5.64. The van der Waals surface area contributed by atoms with Crippen LogP contribution in [0.15, 0.2) is 61.2 Å². The zero-order chi connectivity index (χ0) is 12.4. The highest BCUT2D eigenvalue weighted by atomic mass is 15.2. The van der Waals surface area contributed by atoms with Crippen LogP contribution in [0.5, 0.6) is 0 Å². The van der Waals surface area contributed by atoms with Crippen LogP contribution in [-0.2, 0) is 0 Å². The number of nitrogens with two attached hydrogens (primary N) is 1. The summed E-state index contributed by atoms with van der Waals surface area (Å²) in [6.07, 6.45) is 3.35. The van der Waals surface area contributed by atoms with Crippen molar-refractivity contribution in [1.29, 1.82) is 0 Å². The van der Waals surface area contributed by atoms with E-state index in [1.165, 1.54) is 0 Å². The number of anilines is 1. The van der Waals surface area contributed by atoms with E-state index in [0.29, 0.717) is 0 Å². The maximum atomic E-state index is 5.78. The van der Waals surface area contributed by atoms with Gasteiger partial charge in [0.2, 0.25) is 0 Å². The van der Waals surface area contributed by atoms with Gasteiger partial charge in [0.05, 0.1) is 0 Å². The highest BCUT2D eigenvalue weighted by molar-refractivity contribution is 5.68. The molecule has 0 fully saturated rings. The first kappa shape index (κ1) is 10.5. The predicted molar refractivity (Wildman–Crippen MR) is 71.2 cm³/mol. The van der Waals surface area contributed by atoms with Gasteiger partial charge in [-0.3, -0.25) is 4.57 Å². The number of nitrogens with zero attached hydrogens (tertiary/aromatic N) is 3. The Hall–Kier alpha value is -2.62. The summed E-state index contributed by atoms with van der Waals surface area (Å²) in [6, 6.07) is 16.0. The molecule has 3 rings (SSSR count). The average molecular weight is 236 g/mol. The third-order valence-electron chi connectivity index (χ3n) is 2.80. The summed E-state index contributed by atoms with van der Waals surface area (Å²) < 4.78 is 1.86. The summed E-state index contributed by atoms with van der Waals surface area (Å²) in [5.74, 6) is 0. The van der Waals surface area contributed by atoms with Gasteiger partial charge in [-0.25, -0.2) is 0 Å². The lowest BCUT2D eigenvalue weighted by atomic mass is 10.0. The van der Waals surface area contributed by atoms with Crippen molar-refractivity contribution in [3.63, 3.8) is 0 Å². The van der Waals surface area contributed by atoms with E-state index in [4.69, 9.17) is 5.73 Å². The third-order valence-corrected chi connectivity index (χ3v) is 2.80. The Kier molecular flexibility index (Phi) is 2.53. The van der Waals surface area contributed by atoms with Crippen LogP contribution in [0.25, 0.3) is 16.8 Å². The molecule has 4 heteroatoms. The lowest BCUT2D eigenvalue weighted by molar-refractivity contribution is 1.06. The smallest absolute Gasteiger partial charge is 0.123 e. The van der Waals surface area contributed by atoms with Crippen molar-refractivity contribution in [3.8, 4) is 16.8 Å². The Morgan fingerprint density at radius 2 is 1.56 bits per heavy atom. The molecule has 0 unspecified atom stereocenters. The van der Waals surface area contributed by atoms with E-state index in [0.717, 1.165) is 22.5 Å². The molecule has 0 bridgehead atoms. The van der Waals surface area contributed by atoms with E-state index in [9.17, 15) is 0 Å². The molecule has 0 saturated heterocycles. The van der Waals surface area contributed by atoms with Crippen LogP contribution in [0, 0.1) is 0 Å². The lowest BCUT2D eigenvalue weighted by Crippen LogP contribution is -1.90. The van der Waals surface area contributed by atoms with Crippen molar-refractivity contribution in [3.05, 3.63) is 61.2 Å². The molecule has 0 aliphatic heterocycles. The summed E-state index contributed by atoms with van der Waals surface area (Å²) >= 11 is 0. The maximum Gasteiger partial charge on any atom is 0.123 e. The second-order valence-corrected chi connectivity index (χ2v) is 4.04. The molecule has 88 valence electrons. The van der Waals surface area contributed by atoms with Gasteiger partial charge in [-0.15, -0.1) is 10.2 Å². The fourth-order valence-electron chi connectivity index (χ4n) is 1.88. The monoisotopic (exact) mass is 236 g/mol. The summed E-state index contributed by atoms with van der Waals surface area (Å²) in [7, 11) is 0. The Balaban J connectivity index is 1.96. The number of hydrogen-bond acceptors (Lipinski definition) is 3. The van der Waals surface area contributed by atoms with Crippen LogP contribution in [0.3, 0.4) is 0 Å². The second kappa shape index (κ2) is 4.33. The minimum Gasteiger partial charge on any atom is -0.399 e. The van der Waals surface area contributed by atoms with Crippen LogP contribution >= 0.6 is 0 Å². The zero-order valence-electron chi connectivity index (χ0n) is 9.69. The average Bonchev–Trinajstić information content (AvgIpc) is 2.93. The summed E-state index contributed by atoms with van der Waals surface area (Å²) in [6.45, 7) is 0. The largest absolute Gasteiger partial charge is 0.399 e. The van der Waals surface area contributed by atoms with Gasteiger partial charge in [0.1, 0.15) is 12.7 Å². The zero-order valence-corrected chi connectivity index (χ0v) is 9.69. The molecule has 2 N–H and O–H groups in total. The van der Waals surface area contributed by atoms with Crippen LogP contribution in [0.1, 0.15) is 0 Å². The van der Waals surface area contributed by atoms with Gasteiger partial charge in [-0.1, -0.05) is 24.3 Å². The van der Waals surface area contributed by atoms with Crippen molar-refractivity contribution in [2.75, 3.05) is 5.73 Å². The Morgan fingerprint density at radius 1 is 0.833 bits per heavy atom. The molecule has 1 aromatic heterocycles. The highest BCUT2D eigenvalue weighted by Crippen LogP contribution is 2.22. The summed E-state index contributed by atoms with van der Waals surface area (Å²) in [5.41, 5.74) is 9.84. The van der Waals surface area contributed by atoms with E-state index < -0.39 is 0 Å². The van der Waals surface area contributed by atoms with E-state index in [-0.39, 0.29) is 0 Å². The number of aromatic nitrogens is 3. The van der Waals surface area contributed by atoms with E-state index in [1.54, 1.807) is 12.7 Å². The molecule has 2 aromatic carbocycles. The molecule has 0 radical (unpaired) electrons. The van der Waals surface area contributed by atoms with E-state index in [1.807, 2.05) is 41.0 Å². The van der Waals surface area contributed by atoms with Crippen molar-refractivity contribution < 1.29 is 0 Å². The molecule has 0 aliphatic rings. The molecule has 18 heavy (non-hydrogen) atoms. The van der Waals surface area contributed by atoms with Gasteiger partial charge in [0, 0.05) is 11.4 Å². The third kappa shape index (κ3) is 1.96. The standard InChI is InChI=1S/C14H12N4/c15-13-3-1-2-12(8-13)11-4-6-14(7-5-11)18-9-16-17-10-18/h1-10H,15H2. The minimum absolute atomic E-state index is 0.774. The van der Waals surface area contributed by atoms with Crippen molar-refractivity contribution >= 4 is 5.69 Å². The molecule has 0 atom stereocenters. The number of nitrogen functional groups attached to an aromatic ring is 1. The normalized spacial score (nSPS) is 10.4. The molecule has 0 amide bonds. The topological polar surface area (TPSA) is 56.7 Å². The number of hydrogen-bond donors (Lipinski definition) is 1. The van der Waals surface area contributed by atoms with Gasteiger partial charge < -0.3 is 5.73 Å². The van der Waals surface area contributed by atoms with Crippen molar-refractivity contribution in [1.82, 2.24) is 14.8 Å². The fourth-order valence-corrected chi connectivity index (χ4v) is 1.88. The number of rotatable bonds is 2. The molecule has 0 saturated carbocycles. The van der Waals surface area contributed by atoms with Crippen LogP contribution in [-0.4, -0.2) is 14.8 Å². The Labute approximate surface area is 105 Å². The van der Waals surface area contributed by atoms with Crippen LogP contribution in [0.4, 0.5) is 5.69 Å². The Morgan fingerprint density at radius 3 is 2.22 bits per heavy atom. The van der Waals surface area contributed by atoms with Gasteiger partial charge in [0.15, 0.2) is 0 Å². The fraction of sp³-hybridized carbons (Fsp3) is 0.